The number of para-hydroxylation sites is 1. The van der Waals surface area contributed by atoms with E-state index >= 15 is 0 Å². The summed E-state index contributed by atoms with van der Waals surface area (Å²) in [5, 5.41) is 19.9. The molecule has 1 aromatic heterocycles. The minimum Gasteiger partial charge on any atom is -0.465 e. The molecular weight excluding hydrogens is 546 g/mol. The summed E-state index contributed by atoms with van der Waals surface area (Å²) in [4.78, 5) is 44.2. The monoisotopic (exact) mass is 577 g/mol. The van der Waals surface area contributed by atoms with Crippen LogP contribution in [0.2, 0.25) is 0 Å². The molecule has 7 rings (SSSR count). The lowest BCUT2D eigenvalue weighted by molar-refractivity contribution is -0.131. The number of aromatic nitrogens is 1. The molecule has 3 fully saturated rings. The van der Waals surface area contributed by atoms with Crippen molar-refractivity contribution in [2.24, 2.45) is 5.41 Å². The summed E-state index contributed by atoms with van der Waals surface area (Å²) >= 11 is 0. The molecule has 2 bridgehead atoms. The Morgan fingerprint density at radius 2 is 1.63 bits per heavy atom. The predicted octanol–water partition coefficient (Wildman–Crippen LogP) is 5.33. The van der Waals surface area contributed by atoms with Crippen LogP contribution in [-0.4, -0.2) is 52.0 Å². The summed E-state index contributed by atoms with van der Waals surface area (Å²) in [6.07, 6.45) is 3.38. The maximum absolute atomic E-state index is 13.0. The number of piperazine rings is 1. The zero-order chi connectivity index (χ0) is 29.6. The Morgan fingerprint density at radius 3 is 2.33 bits per heavy atom. The Bertz CT molecular complexity index is 1720. The fourth-order valence-electron chi connectivity index (χ4n) is 6.48. The standard InChI is InChI=1S/C33H31N5O5/c39-29(36-22-4-2-1-3-5-22)32(15-16-32)30(40)37-23-7-9-25(10-8-23)43-28-13-17-35-27-18-21(6-11-26(27)28)33-14-12-24(19-34-20-33)38(33)31(41)42/h1-11,13,17-18,24,34H,12,14-16,19-20H2,(H,36,39)(H,37,40)(H,41,42)/t24-,33-/m0/s1. The van der Waals surface area contributed by atoms with E-state index in [0.717, 1.165) is 29.3 Å². The second-order valence-electron chi connectivity index (χ2n) is 11.5. The SMILES string of the molecule is O=C(O)N1[C@H]2CC[C@@]1(c1ccc3c(Oc4ccc(NC(=O)C5(C(=O)Nc6ccccc6)CC5)cc4)ccnc3c1)CNC2. The lowest BCUT2D eigenvalue weighted by atomic mass is 9.86. The van der Waals surface area contributed by atoms with E-state index in [-0.39, 0.29) is 17.9 Å². The van der Waals surface area contributed by atoms with Gasteiger partial charge in [0.05, 0.1) is 11.1 Å². The second-order valence-corrected chi connectivity index (χ2v) is 11.5. The Kier molecular flexibility index (Phi) is 6.50. The topological polar surface area (TPSA) is 133 Å². The third-order valence-corrected chi connectivity index (χ3v) is 8.95. The van der Waals surface area contributed by atoms with Crippen molar-refractivity contribution in [2.45, 2.75) is 37.3 Å². The van der Waals surface area contributed by atoms with Gasteiger partial charge in [0.25, 0.3) is 0 Å². The van der Waals surface area contributed by atoms with E-state index in [1.807, 2.05) is 36.4 Å². The molecule has 0 radical (unpaired) electrons. The summed E-state index contributed by atoms with van der Waals surface area (Å²) in [5.74, 6) is 0.560. The third kappa shape index (κ3) is 4.73. The normalized spacial score (nSPS) is 21.7. The number of carboxylic acid groups (broad SMARTS) is 1. The minimum absolute atomic E-state index is 0.0291. The summed E-state index contributed by atoms with van der Waals surface area (Å²) in [5.41, 5.74) is 1.20. The second kappa shape index (κ2) is 10.4. The molecule has 3 amide bonds. The number of benzene rings is 3. The smallest absolute Gasteiger partial charge is 0.408 e. The van der Waals surface area contributed by atoms with Gasteiger partial charge >= 0.3 is 6.09 Å². The van der Waals surface area contributed by atoms with Crippen molar-refractivity contribution in [3.8, 4) is 11.5 Å². The van der Waals surface area contributed by atoms with Crippen molar-refractivity contribution in [1.29, 1.82) is 0 Å². The number of nitrogens with zero attached hydrogens (tertiary/aromatic N) is 2. The van der Waals surface area contributed by atoms with Crippen LogP contribution in [-0.2, 0) is 15.1 Å². The van der Waals surface area contributed by atoms with Gasteiger partial charge < -0.3 is 25.8 Å². The molecule has 0 unspecified atom stereocenters. The largest absolute Gasteiger partial charge is 0.465 e. The van der Waals surface area contributed by atoms with E-state index < -0.39 is 17.0 Å². The molecular formula is C33H31N5O5. The quantitative estimate of drug-likeness (QED) is 0.218. The first-order valence-corrected chi connectivity index (χ1v) is 14.5. The van der Waals surface area contributed by atoms with Crippen LogP contribution in [0.25, 0.3) is 10.9 Å². The predicted molar refractivity (Wildman–Crippen MR) is 161 cm³/mol. The highest BCUT2D eigenvalue weighted by Gasteiger charge is 2.56. The van der Waals surface area contributed by atoms with E-state index in [0.29, 0.717) is 48.8 Å². The molecule has 4 N–H and O–H groups in total. The van der Waals surface area contributed by atoms with E-state index in [9.17, 15) is 19.5 Å². The van der Waals surface area contributed by atoms with Crippen LogP contribution in [0.5, 0.6) is 11.5 Å². The zero-order valence-corrected chi connectivity index (χ0v) is 23.4. The number of rotatable bonds is 7. The van der Waals surface area contributed by atoms with E-state index in [1.165, 1.54) is 0 Å². The number of carbonyl (C=O) groups is 3. The van der Waals surface area contributed by atoms with Crippen molar-refractivity contribution in [3.05, 3.63) is 90.6 Å². The van der Waals surface area contributed by atoms with Gasteiger partial charge in [0, 0.05) is 42.1 Å². The van der Waals surface area contributed by atoms with Gasteiger partial charge in [-0.1, -0.05) is 24.3 Å². The highest BCUT2D eigenvalue weighted by molar-refractivity contribution is 6.16. The van der Waals surface area contributed by atoms with Gasteiger partial charge in [0.2, 0.25) is 11.8 Å². The van der Waals surface area contributed by atoms with Crippen molar-refractivity contribution in [1.82, 2.24) is 15.2 Å². The van der Waals surface area contributed by atoms with E-state index in [4.69, 9.17) is 4.74 Å². The van der Waals surface area contributed by atoms with Crippen LogP contribution in [0.15, 0.2) is 85.1 Å². The van der Waals surface area contributed by atoms with Crippen molar-refractivity contribution < 1.29 is 24.2 Å². The van der Waals surface area contributed by atoms with Crippen LogP contribution in [0, 0.1) is 5.41 Å². The van der Waals surface area contributed by atoms with Crippen LogP contribution >= 0.6 is 0 Å². The van der Waals surface area contributed by atoms with Gasteiger partial charge in [-0.2, -0.15) is 0 Å². The lowest BCUT2D eigenvalue weighted by Crippen LogP contribution is -2.60. The molecule has 10 heteroatoms. The van der Waals surface area contributed by atoms with Crippen molar-refractivity contribution in [3.63, 3.8) is 0 Å². The van der Waals surface area contributed by atoms with E-state index in [1.54, 1.807) is 53.6 Å². The first kappa shape index (κ1) is 26.9. The number of ether oxygens (including phenoxy) is 1. The first-order chi connectivity index (χ1) is 20.9. The average Bonchev–Trinajstić information content (AvgIpc) is 3.80. The van der Waals surface area contributed by atoms with Gasteiger partial charge in [-0.15, -0.1) is 0 Å². The molecule has 0 spiro atoms. The van der Waals surface area contributed by atoms with Gasteiger partial charge in [0.1, 0.15) is 16.9 Å². The molecule has 43 heavy (non-hydrogen) atoms. The number of anilines is 2. The first-order valence-electron chi connectivity index (χ1n) is 14.5. The fraction of sp³-hybridized carbons (Fsp3) is 0.273. The molecule has 218 valence electrons. The maximum Gasteiger partial charge on any atom is 0.408 e. The third-order valence-electron chi connectivity index (χ3n) is 8.95. The minimum atomic E-state index is -1.06. The number of carbonyl (C=O) groups excluding carboxylic acids is 2. The van der Waals surface area contributed by atoms with E-state index in [2.05, 4.69) is 20.9 Å². The zero-order valence-electron chi connectivity index (χ0n) is 23.4. The van der Waals surface area contributed by atoms with Gasteiger partial charge in [-0.3, -0.25) is 19.5 Å². The molecule has 10 nitrogen and oxygen atoms in total. The molecule has 1 aliphatic carbocycles. The number of amides is 3. The Hall–Kier alpha value is -4.96. The summed E-state index contributed by atoms with van der Waals surface area (Å²) in [7, 11) is 0. The molecule has 3 aliphatic rings. The molecule has 3 heterocycles. The van der Waals surface area contributed by atoms with Gasteiger partial charge in [0.15, 0.2) is 0 Å². The number of hydrogen-bond acceptors (Lipinski definition) is 6. The number of nitrogens with one attached hydrogen (secondary N) is 3. The van der Waals surface area contributed by atoms with Crippen molar-refractivity contribution in [2.75, 3.05) is 23.7 Å². The van der Waals surface area contributed by atoms with Crippen molar-refractivity contribution >= 4 is 40.2 Å². The molecule has 3 aromatic carbocycles. The highest BCUT2D eigenvalue weighted by atomic mass is 16.5. The number of hydrogen-bond donors (Lipinski definition) is 4. The molecule has 2 saturated heterocycles. The van der Waals surface area contributed by atoms with Crippen LogP contribution in [0.1, 0.15) is 31.2 Å². The molecule has 4 aromatic rings. The summed E-state index contributed by atoms with van der Waals surface area (Å²) in [6, 6.07) is 23.8. The van der Waals surface area contributed by atoms with Crippen LogP contribution < -0.4 is 20.7 Å². The molecule has 2 atom stereocenters. The Balaban J connectivity index is 1.05. The average molecular weight is 578 g/mol. The van der Waals surface area contributed by atoms with Gasteiger partial charge in [-0.25, -0.2) is 4.79 Å². The summed E-state index contributed by atoms with van der Waals surface area (Å²) in [6.45, 7) is 1.24. The molecule has 2 aliphatic heterocycles. The fourth-order valence-corrected chi connectivity index (χ4v) is 6.48. The lowest BCUT2D eigenvalue weighted by Gasteiger charge is -2.44. The number of pyridine rings is 1. The molecule has 1 saturated carbocycles. The Morgan fingerprint density at radius 1 is 0.907 bits per heavy atom. The number of fused-ring (bicyclic) bond motifs is 3. The maximum atomic E-state index is 13.0. The highest BCUT2D eigenvalue weighted by Crippen LogP contribution is 2.48. The summed E-state index contributed by atoms with van der Waals surface area (Å²) < 4.78 is 6.21. The Labute approximate surface area is 248 Å². The van der Waals surface area contributed by atoms with Gasteiger partial charge in [-0.05, 0) is 85.8 Å². The van der Waals surface area contributed by atoms with Crippen LogP contribution in [0.4, 0.5) is 16.2 Å². The van der Waals surface area contributed by atoms with Crippen LogP contribution in [0.3, 0.4) is 0 Å².